The highest BCUT2D eigenvalue weighted by molar-refractivity contribution is 7.73. The van der Waals surface area contributed by atoms with Gasteiger partial charge in [-0.15, -0.1) is 6.58 Å². The van der Waals surface area contributed by atoms with Gasteiger partial charge in [-0.25, -0.2) is 0 Å². The normalized spacial score (nSPS) is 18.4. The quantitative estimate of drug-likeness (QED) is 0.644. The highest BCUT2D eigenvalue weighted by Crippen LogP contribution is 2.22. The minimum absolute atomic E-state index is 0.119. The molecule has 1 fully saturated rings. The predicted octanol–water partition coefficient (Wildman–Crippen LogP) is 1.96. The van der Waals surface area contributed by atoms with E-state index in [1.54, 1.807) is 10.6 Å². The number of nitrogens with two attached hydrogens (primary N) is 1. The highest BCUT2D eigenvalue weighted by atomic mass is 32.1. The fraction of sp³-hybridized carbons (Fsp3) is 0.500. The van der Waals surface area contributed by atoms with Crippen LogP contribution in [0.5, 0.6) is 0 Å². The number of thiazole rings is 1. The molecule has 1 aliphatic heterocycles. The highest BCUT2D eigenvalue weighted by Gasteiger charge is 2.20. The van der Waals surface area contributed by atoms with Gasteiger partial charge in [0.1, 0.15) is 10.7 Å². The van der Waals surface area contributed by atoms with Crippen molar-refractivity contribution in [2.45, 2.75) is 25.5 Å². The number of hydrogen-bond donors (Lipinski definition) is 2. The Hall–Kier alpha value is -1.18. The van der Waals surface area contributed by atoms with Gasteiger partial charge in [0.15, 0.2) is 3.95 Å². The molecular formula is C12H17N3O2S2. The molecule has 7 heteroatoms. The van der Waals surface area contributed by atoms with Gasteiger partial charge < -0.3 is 20.4 Å². The van der Waals surface area contributed by atoms with Gasteiger partial charge in [0.25, 0.3) is 5.91 Å². The summed E-state index contributed by atoms with van der Waals surface area (Å²) in [5, 5.41) is 2.85. The average Bonchev–Trinajstić information content (AvgIpc) is 2.99. The van der Waals surface area contributed by atoms with Crippen LogP contribution in [0.2, 0.25) is 0 Å². The Morgan fingerprint density at radius 3 is 3.16 bits per heavy atom. The molecule has 19 heavy (non-hydrogen) atoms. The maximum absolute atomic E-state index is 12.1. The lowest BCUT2D eigenvalue weighted by Crippen LogP contribution is -2.31. The van der Waals surface area contributed by atoms with Crippen LogP contribution in [0.25, 0.3) is 0 Å². The lowest BCUT2D eigenvalue weighted by atomic mass is 10.2. The van der Waals surface area contributed by atoms with Gasteiger partial charge in [-0.05, 0) is 25.1 Å². The van der Waals surface area contributed by atoms with E-state index in [-0.39, 0.29) is 12.0 Å². The first-order valence-corrected chi connectivity index (χ1v) is 7.35. The molecule has 0 radical (unpaired) electrons. The molecule has 0 aliphatic carbocycles. The summed E-state index contributed by atoms with van der Waals surface area (Å²) in [6.45, 7) is 5.45. The molecule has 3 N–H and O–H groups in total. The zero-order chi connectivity index (χ0) is 13.8. The SMILES string of the molecule is C=CCn1c(N)c(C(=O)NC[C@@H]2CCCO2)sc1=S. The first kappa shape index (κ1) is 14.2. The molecule has 1 aliphatic rings. The Labute approximate surface area is 121 Å². The van der Waals surface area contributed by atoms with Crippen LogP contribution in [0.4, 0.5) is 5.82 Å². The number of amides is 1. The van der Waals surface area contributed by atoms with Crippen molar-refractivity contribution in [2.75, 3.05) is 18.9 Å². The molecule has 5 nitrogen and oxygen atoms in total. The standard InChI is InChI=1S/C12H17N3O2S2/c1-2-5-15-10(13)9(19-12(15)18)11(16)14-7-8-4-3-6-17-8/h2,8H,1,3-7,13H2,(H,14,16)/t8-/m0/s1. The lowest BCUT2D eigenvalue weighted by molar-refractivity contribution is 0.0861. The summed E-state index contributed by atoms with van der Waals surface area (Å²) in [6, 6.07) is 0. The van der Waals surface area contributed by atoms with E-state index in [1.807, 2.05) is 0 Å². The van der Waals surface area contributed by atoms with E-state index in [2.05, 4.69) is 11.9 Å². The predicted molar refractivity (Wildman–Crippen MR) is 79.1 cm³/mol. The Morgan fingerprint density at radius 2 is 2.53 bits per heavy atom. The van der Waals surface area contributed by atoms with Gasteiger partial charge in [0, 0.05) is 19.7 Å². The second kappa shape index (κ2) is 6.31. The monoisotopic (exact) mass is 299 g/mol. The van der Waals surface area contributed by atoms with E-state index in [9.17, 15) is 4.79 Å². The van der Waals surface area contributed by atoms with Crippen molar-refractivity contribution >= 4 is 35.3 Å². The molecular weight excluding hydrogens is 282 g/mol. The van der Waals surface area contributed by atoms with Crippen molar-refractivity contribution in [1.29, 1.82) is 0 Å². The van der Waals surface area contributed by atoms with Gasteiger partial charge in [-0.1, -0.05) is 17.4 Å². The van der Waals surface area contributed by atoms with Gasteiger partial charge in [-0.2, -0.15) is 0 Å². The molecule has 2 rings (SSSR count). The van der Waals surface area contributed by atoms with Crippen LogP contribution in [0.3, 0.4) is 0 Å². The molecule has 1 aromatic rings. The summed E-state index contributed by atoms with van der Waals surface area (Å²) in [6.07, 6.45) is 3.86. The molecule has 0 aromatic carbocycles. The number of nitrogens with zero attached hydrogens (tertiary/aromatic N) is 1. The van der Waals surface area contributed by atoms with Crippen LogP contribution >= 0.6 is 23.6 Å². The molecule has 1 atom stereocenters. The number of carbonyl (C=O) groups is 1. The molecule has 2 heterocycles. The summed E-state index contributed by atoms with van der Waals surface area (Å²) in [5.74, 6) is 0.214. The summed E-state index contributed by atoms with van der Waals surface area (Å²) < 4.78 is 7.74. The van der Waals surface area contributed by atoms with E-state index in [4.69, 9.17) is 22.7 Å². The minimum atomic E-state index is -0.188. The molecule has 0 saturated carbocycles. The van der Waals surface area contributed by atoms with Crippen LogP contribution in [-0.4, -0.2) is 29.7 Å². The number of anilines is 1. The molecule has 0 spiro atoms. The number of nitrogens with one attached hydrogen (secondary N) is 1. The van der Waals surface area contributed by atoms with E-state index in [1.165, 1.54) is 11.3 Å². The van der Waals surface area contributed by atoms with Gasteiger partial charge >= 0.3 is 0 Å². The second-order valence-corrected chi connectivity index (χ2v) is 5.97. The topological polar surface area (TPSA) is 69.3 Å². The summed E-state index contributed by atoms with van der Waals surface area (Å²) in [5.41, 5.74) is 5.94. The van der Waals surface area contributed by atoms with Crippen LogP contribution in [0, 0.1) is 3.95 Å². The van der Waals surface area contributed by atoms with Crippen molar-refractivity contribution in [3.05, 3.63) is 21.5 Å². The van der Waals surface area contributed by atoms with Crippen molar-refractivity contribution in [3.63, 3.8) is 0 Å². The smallest absolute Gasteiger partial charge is 0.265 e. The summed E-state index contributed by atoms with van der Waals surface area (Å²) >= 11 is 6.41. The Bertz CT molecular complexity index is 530. The van der Waals surface area contributed by atoms with E-state index < -0.39 is 0 Å². The van der Waals surface area contributed by atoms with Crippen LogP contribution in [0.15, 0.2) is 12.7 Å². The number of nitrogen functional groups attached to an aromatic ring is 1. The fourth-order valence-corrected chi connectivity index (χ4v) is 3.23. The number of ether oxygens (including phenoxy) is 1. The number of aromatic nitrogens is 1. The van der Waals surface area contributed by atoms with Crippen LogP contribution in [0.1, 0.15) is 22.5 Å². The zero-order valence-electron chi connectivity index (χ0n) is 10.6. The third-order valence-corrected chi connectivity index (χ3v) is 4.43. The van der Waals surface area contributed by atoms with Crippen molar-refractivity contribution in [2.24, 2.45) is 0 Å². The summed E-state index contributed by atoms with van der Waals surface area (Å²) in [4.78, 5) is 12.5. The number of allylic oxidation sites excluding steroid dienone is 1. The van der Waals surface area contributed by atoms with Crippen LogP contribution in [-0.2, 0) is 11.3 Å². The molecule has 0 bridgehead atoms. The Kier molecular flexibility index (Phi) is 4.73. The van der Waals surface area contributed by atoms with E-state index >= 15 is 0 Å². The second-order valence-electron chi connectivity index (χ2n) is 4.33. The molecule has 104 valence electrons. The molecule has 1 saturated heterocycles. The van der Waals surface area contributed by atoms with Crippen molar-refractivity contribution < 1.29 is 9.53 Å². The maximum atomic E-state index is 12.1. The minimum Gasteiger partial charge on any atom is -0.384 e. The van der Waals surface area contributed by atoms with Crippen molar-refractivity contribution in [3.8, 4) is 0 Å². The maximum Gasteiger partial charge on any atom is 0.265 e. The molecule has 1 amide bonds. The number of carbonyl (C=O) groups excluding carboxylic acids is 1. The Morgan fingerprint density at radius 1 is 1.74 bits per heavy atom. The average molecular weight is 299 g/mol. The van der Waals surface area contributed by atoms with Gasteiger partial charge in [0.2, 0.25) is 0 Å². The molecule has 1 aromatic heterocycles. The lowest BCUT2D eigenvalue weighted by Gasteiger charge is -2.10. The zero-order valence-corrected chi connectivity index (χ0v) is 12.2. The van der Waals surface area contributed by atoms with E-state index in [0.29, 0.717) is 27.7 Å². The third kappa shape index (κ3) is 3.23. The Balaban J connectivity index is 2.04. The third-order valence-electron chi connectivity index (χ3n) is 2.97. The summed E-state index contributed by atoms with van der Waals surface area (Å²) in [7, 11) is 0. The molecule has 0 unspecified atom stereocenters. The van der Waals surface area contributed by atoms with Gasteiger partial charge in [-0.3, -0.25) is 4.79 Å². The first-order valence-electron chi connectivity index (χ1n) is 6.13. The largest absolute Gasteiger partial charge is 0.384 e. The number of rotatable bonds is 5. The first-order chi connectivity index (χ1) is 9.13. The van der Waals surface area contributed by atoms with Crippen molar-refractivity contribution in [1.82, 2.24) is 9.88 Å². The number of hydrogen-bond acceptors (Lipinski definition) is 5. The van der Waals surface area contributed by atoms with E-state index in [0.717, 1.165) is 19.4 Å². The van der Waals surface area contributed by atoms with Crippen LogP contribution < -0.4 is 11.1 Å². The van der Waals surface area contributed by atoms with Gasteiger partial charge in [0.05, 0.1) is 6.10 Å². The fourth-order valence-electron chi connectivity index (χ4n) is 1.97.